The zero-order valence-electron chi connectivity index (χ0n) is 13.1. The summed E-state index contributed by atoms with van der Waals surface area (Å²) in [6.07, 6.45) is 10.4. The summed E-state index contributed by atoms with van der Waals surface area (Å²) in [6.45, 7) is 9.47. The minimum atomic E-state index is 0.276. The summed E-state index contributed by atoms with van der Waals surface area (Å²) in [6, 6.07) is 1.86. The summed E-state index contributed by atoms with van der Waals surface area (Å²) < 4.78 is 0. The number of likely N-dealkylation sites (tertiary alicyclic amines) is 1. The van der Waals surface area contributed by atoms with E-state index in [4.69, 9.17) is 0 Å². The number of hydrogen-bond donors (Lipinski definition) is 1. The molecule has 1 N–H and O–H groups in total. The largest absolute Gasteiger partial charge is 0.312 e. The Morgan fingerprint density at radius 1 is 0.947 bits per heavy atom. The molecule has 4 atom stereocenters. The molecule has 1 heterocycles. The van der Waals surface area contributed by atoms with Gasteiger partial charge in [0, 0.05) is 17.6 Å². The third-order valence-corrected chi connectivity index (χ3v) is 5.73. The minimum absolute atomic E-state index is 0.276. The van der Waals surface area contributed by atoms with Gasteiger partial charge in [-0.25, -0.2) is 0 Å². The second-order valence-corrected chi connectivity index (χ2v) is 8.17. The number of rotatable bonds is 3. The van der Waals surface area contributed by atoms with Gasteiger partial charge in [0.05, 0.1) is 0 Å². The average molecular weight is 264 g/mol. The van der Waals surface area contributed by atoms with Crippen LogP contribution in [-0.4, -0.2) is 35.6 Å². The maximum Gasteiger partial charge on any atom is 0.0139 e. The Kier molecular flexibility index (Phi) is 3.92. The first-order valence-electron chi connectivity index (χ1n) is 8.55. The maximum absolute atomic E-state index is 3.73. The standard InChI is InChI=1S/C17H32N2/c1-17(2,3)18-12-14-9-10-16(14)19-11-5-7-13-6-4-8-15(13)19/h13-16,18H,4-12H2,1-3H3. The van der Waals surface area contributed by atoms with Crippen molar-refractivity contribution in [2.75, 3.05) is 13.1 Å². The van der Waals surface area contributed by atoms with Crippen LogP contribution in [0.5, 0.6) is 0 Å². The van der Waals surface area contributed by atoms with E-state index in [1.807, 2.05) is 0 Å². The highest BCUT2D eigenvalue weighted by Gasteiger charge is 2.43. The molecule has 0 aromatic heterocycles. The quantitative estimate of drug-likeness (QED) is 0.840. The molecular formula is C17H32N2. The lowest BCUT2D eigenvalue weighted by Crippen LogP contribution is -2.57. The van der Waals surface area contributed by atoms with Crippen molar-refractivity contribution < 1.29 is 0 Å². The Morgan fingerprint density at radius 3 is 2.42 bits per heavy atom. The molecular weight excluding hydrogens is 232 g/mol. The van der Waals surface area contributed by atoms with E-state index in [9.17, 15) is 0 Å². The molecule has 0 amide bonds. The molecule has 3 aliphatic rings. The topological polar surface area (TPSA) is 15.3 Å². The summed E-state index contributed by atoms with van der Waals surface area (Å²) >= 11 is 0. The van der Waals surface area contributed by atoms with Gasteiger partial charge in [-0.05, 0) is 84.2 Å². The van der Waals surface area contributed by atoms with Crippen molar-refractivity contribution in [3.63, 3.8) is 0 Å². The van der Waals surface area contributed by atoms with Crippen molar-refractivity contribution in [2.24, 2.45) is 11.8 Å². The van der Waals surface area contributed by atoms with Crippen LogP contribution in [0, 0.1) is 11.8 Å². The van der Waals surface area contributed by atoms with Crippen LogP contribution in [0.2, 0.25) is 0 Å². The third kappa shape index (κ3) is 3.00. The molecule has 1 aliphatic heterocycles. The lowest BCUT2D eigenvalue weighted by atomic mass is 9.75. The maximum atomic E-state index is 3.73. The number of hydrogen-bond acceptors (Lipinski definition) is 2. The fourth-order valence-corrected chi connectivity index (χ4v) is 4.57. The van der Waals surface area contributed by atoms with E-state index in [-0.39, 0.29) is 5.54 Å². The van der Waals surface area contributed by atoms with Crippen molar-refractivity contribution in [3.05, 3.63) is 0 Å². The van der Waals surface area contributed by atoms with E-state index in [1.54, 1.807) is 0 Å². The second kappa shape index (κ2) is 5.37. The van der Waals surface area contributed by atoms with Gasteiger partial charge in [0.1, 0.15) is 0 Å². The fourth-order valence-electron chi connectivity index (χ4n) is 4.57. The van der Waals surface area contributed by atoms with Gasteiger partial charge < -0.3 is 5.32 Å². The minimum Gasteiger partial charge on any atom is -0.312 e. The predicted octanol–water partition coefficient (Wildman–Crippen LogP) is 3.42. The van der Waals surface area contributed by atoms with Crippen LogP contribution in [-0.2, 0) is 0 Å². The van der Waals surface area contributed by atoms with E-state index in [0.29, 0.717) is 0 Å². The lowest BCUT2D eigenvalue weighted by Gasteiger charge is -2.51. The van der Waals surface area contributed by atoms with Crippen LogP contribution < -0.4 is 5.32 Å². The van der Waals surface area contributed by atoms with E-state index in [2.05, 4.69) is 31.0 Å². The number of piperidine rings is 1. The number of nitrogens with zero attached hydrogens (tertiary/aromatic N) is 1. The summed E-state index contributed by atoms with van der Waals surface area (Å²) in [4.78, 5) is 2.93. The van der Waals surface area contributed by atoms with E-state index in [0.717, 1.165) is 23.9 Å². The van der Waals surface area contributed by atoms with Crippen molar-refractivity contribution in [1.29, 1.82) is 0 Å². The normalized spacial score (nSPS) is 39.9. The molecule has 0 spiro atoms. The molecule has 2 heteroatoms. The third-order valence-electron chi connectivity index (χ3n) is 5.73. The van der Waals surface area contributed by atoms with Gasteiger partial charge in [-0.3, -0.25) is 4.90 Å². The second-order valence-electron chi connectivity index (χ2n) is 8.17. The smallest absolute Gasteiger partial charge is 0.0139 e. The van der Waals surface area contributed by atoms with Gasteiger partial charge in [-0.1, -0.05) is 6.42 Å². The zero-order valence-corrected chi connectivity index (χ0v) is 13.1. The van der Waals surface area contributed by atoms with Gasteiger partial charge in [-0.15, -0.1) is 0 Å². The Morgan fingerprint density at radius 2 is 1.74 bits per heavy atom. The SMILES string of the molecule is CC(C)(C)NCC1CCC1N1CCCC2CCCC21. The molecule has 2 nitrogen and oxygen atoms in total. The molecule has 0 radical (unpaired) electrons. The molecule has 0 aromatic rings. The number of nitrogens with one attached hydrogen (secondary N) is 1. The van der Waals surface area contributed by atoms with Gasteiger partial charge in [0.15, 0.2) is 0 Å². The Hall–Kier alpha value is -0.0800. The first kappa shape index (κ1) is 13.9. The summed E-state index contributed by atoms with van der Waals surface area (Å²) in [5.41, 5.74) is 0.276. The highest BCUT2D eigenvalue weighted by Crippen LogP contribution is 2.42. The molecule has 0 bridgehead atoms. The molecule has 1 saturated heterocycles. The lowest BCUT2D eigenvalue weighted by molar-refractivity contribution is -0.00891. The van der Waals surface area contributed by atoms with Gasteiger partial charge in [0.2, 0.25) is 0 Å². The van der Waals surface area contributed by atoms with Crippen molar-refractivity contribution in [1.82, 2.24) is 10.2 Å². The van der Waals surface area contributed by atoms with Crippen LogP contribution in [0.1, 0.15) is 65.7 Å². The molecule has 2 saturated carbocycles. The van der Waals surface area contributed by atoms with Crippen molar-refractivity contribution in [3.8, 4) is 0 Å². The van der Waals surface area contributed by atoms with Crippen molar-refractivity contribution >= 4 is 0 Å². The molecule has 110 valence electrons. The van der Waals surface area contributed by atoms with Crippen LogP contribution >= 0.6 is 0 Å². The summed E-state index contributed by atoms with van der Waals surface area (Å²) in [5.74, 6) is 1.96. The van der Waals surface area contributed by atoms with Gasteiger partial charge in [-0.2, -0.15) is 0 Å². The Bertz CT molecular complexity index is 307. The fraction of sp³-hybridized carbons (Fsp3) is 1.00. The van der Waals surface area contributed by atoms with E-state index < -0.39 is 0 Å². The van der Waals surface area contributed by atoms with Crippen LogP contribution in [0.15, 0.2) is 0 Å². The van der Waals surface area contributed by atoms with Gasteiger partial charge in [0.25, 0.3) is 0 Å². The Labute approximate surface area is 119 Å². The molecule has 3 rings (SSSR count). The van der Waals surface area contributed by atoms with E-state index in [1.165, 1.54) is 58.0 Å². The molecule has 2 aliphatic carbocycles. The average Bonchev–Trinajstić information content (AvgIpc) is 2.75. The van der Waals surface area contributed by atoms with Crippen LogP contribution in [0.25, 0.3) is 0 Å². The predicted molar refractivity (Wildman–Crippen MR) is 81.3 cm³/mol. The first-order chi connectivity index (χ1) is 9.04. The summed E-state index contributed by atoms with van der Waals surface area (Å²) in [5, 5.41) is 3.73. The molecule has 3 fully saturated rings. The molecule has 19 heavy (non-hydrogen) atoms. The highest BCUT2D eigenvalue weighted by atomic mass is 15.2. The van der Waals surface area contributed by atoms with Crippen molar-refractivity contribution in [2.45, 2.75) is 83.3 Å². The number of fused-ring (bicyclic) bond motifs is 1. The zero-order chi connectivity index (χ0) is 13.5. The first-order valence-corrected chi connectivity index (χ1v) is 8.55. The molecule has 4 unspecified atom stereocenters. The summed E-state index contributed by atoms with van der Waals surface area (Å²) in [7, 11) is 0. The van der Waals surface area contributed by atoms with Crippen LogP contribution in [0.3, 0.4) is 0 Å². The van der Waals surface area contributed by atoms with Crippen LogP contribution in [0.4, 0.5) is 0 Å². The highest BCUT2D eigenvalue weighted by molar-refractivity contribution is 4.98. The Balaban J connectivity index is 1.56. The van der Waals surface area contributed by atoms with Gasteiger partial charge >= 0.3 is 0 Å². The monoisotopic (exact) mass is 264 g/mol. The van der Waals surface area contributed by atoms with E-state index >= 15 is 0 Å². The molecule has 0 aromatic carbocycles.